The van der Waals surface area contributed by atoms with Crippen molar-refractivity contribution in [3.63, 3.8) is 0 Å². The van der Waals surface area contributed by atoms with Gasteiger partial charge in [0.05, 0.1) is 11.4 Å². The molecule has 0 fully saturated rings. The van der Waals surface area contributed by atoms with Gasteiger partial charge in [-0.05, 0) is 75.9 Å². The molecule has 0 saturated heterocycles. The maximum Gasteiger partial charge on any atom is 0.247 e. The zero-order valence-corrected chi connectivity index (χ0v) is 18.5. The van der Waals surface area contributed by atoms with E-state index in [1.165, 1.54) is 4.31 Å². The van der Waals surface area contributed by atoms with E-state index < -0.39 is 10.0 Å². The molecular formula is C22H27N3O3S. The molecule has 0 unspecified atom stereocenters. The Hall–Kier alpha value is -2.51. The number of rotatable bonds is 6. The molecule has 0 atom stereocenters. The molecule has 0 radical (unpaired) electrons. The van der Waals surface area contributed by atoms with Gasteiger partial charge in [0.15, 0.2) is 0 Å². The van der Waals surface area contributed by atoms with Crippen LogP contribution in [0, 0.1) is 27.7 Å². The first-order chi connectivity index (χ1) is 13.6. The van der Waals surface area contributed by atoms with Crippen molar-refractivity contribution in [2.45, 2.75) is 59.0 Å². The number of hydrogen-bond donors (Lipinski definition) is 0. The summed E-state index contributed by atoms with van der Waals surface area (Å²) in [7, 11) is -3.75. The highest BCUT2D eigenvalue weighted by Crippen LogP contribution is 2.30. The van der Waals surface area contributed by atoms with Gasteiger partial charge in [-0.1, -0.05) is 24.3 Å². The molecule has 1 aromatic heterocycles. The van der Waals surface area contributed by atoms with Crippen molar-refractivity contribution in [2.24, 2.45) is 0 Å². The number of benzene rings is 2. The Balaban J connectivity index is 2.00. The van der Waals surface area contributed by atoms with Crippen molar-refractivity contribution in [3.05, 3.63) is 64.5 Å². The first-order valence-corrected chi connectivity index (χ1v) is 11.0. The van der Waals surface area contributed by atoms with E-state index in [0.717, 1.165) is 27.8 Å². The van der Waals surface area contributed by atoms with Crippen LogP contribution in [0.1, 0.15) is 42.0 Å². The van der Waals surface area contributed by atoms with E-state index in [1.807, 2.05) is 77.9 Å². The van der Waals surface area contributed by atoms with Crippen LogP contribution in [-0.4, -0.2) is 29.0 Å². The van der Waals surface area contributed by atoms with Crippen molar-refractivity contribution < 1.29 is 12.8 Å². The maximum absolute atomic E-state index is 13.6. The van der Waals surface area contributed by atoms with Crippen LogP contribution in [0.4, 0.5) is 0 Å². The quantitative estimate of drug-likeness (QED) is 0.592. The first kappa shape index (κ1) is 21.2. The summed E-state index contributed by atoms with van der Waals surface area (Å²) in [4.78, 5) is 0.367. The fourth-order valence-electron chi connectivity index (χ4n) is 3.38. The Kier molecular flexibility index (Phi) is 5.91. The van der Waals surface area contributed by atoms with Gasteiger partial charge in [0.2, 0.25) is 21.8 Å². The predicted molar refractivity (Wildman–Crippen MR) is 113 cm³/mol. The largest absolute Gasteiger partial charge is 0.419 e. The minimum absolute atomic E-state index is 0.0195. The molecule has 29 heavy (non-hydrogen) atoms. The molecule has 0 amide bonds. The van der Waals surface area contributed by atoms with Crippen LogP contribution < -0.4 is 0 Å². The van der Waals surface area contributed by atoms with Crippen molar-refractivity contribution in [2.75, 3.05) is 0 Å². The molecule has 7 heteroatoms. The van der Waals surface area contributed by atoms with E-state index in [1.54, 1.807) is 0 Å². The van der Waals surface area contributed by atoms with Crippen molar-refractivity contribution in [3.8, 4) is 11.5 Å². The van der Waals surface area contributed by atoms with Crippen molar-refractivity contribution >= 4 is 10.0 Å². The lowest BCUT2D eigenvalue weighted by Gasteiger charge is -2.27. The predicted octanol–water partition coefficient (Wildman–Crippen LogP) is 4.57. The Labute approximate surface area is 172 Å². The topological polar surface area (TPSA) is 76.3 Å². The van der Waals surface area contributed by atoms with Crippen LogP contribution in [-0.2, 0) is 16.6 Å². The Morgan fingerprint density at radius 3 is 2.10 bits per heavy atom. The molecule has 0 spiro atoms. The highest BCUT2D eigenvalue weighted by molar-refractivity contribution is 7.89. The molecule has 1 heterocycles. The van der Waals surface area contributed by atoms with Crippen LogP contribution in [0.25, 0.3) is 11.5 Å². The van der Waals surface area contributed by atoms with Crippen LogP contribution in [0.5, 0.6) is 0 Å². The van der Waals surface area contributed by atoms with Crippen LogP contribution >= 0.6 is 0 Å². The summed E-state index contributed by atoms with van der Waals surface area (Å²) in [5, 5.41) is 8.16. The molecular weight excluding hydrogens is 386 g/mol. The number of sulfonamides is 1. The average Bonchev–Trinajstić information content (AvgIpc) is 3.14. The minimum atomic E-state index is -3.75. The minimum Gasteiger partial charge on any atom is -0.419 e. The monoisotopic (exact) mass is 413 g/mol. The van der Waals surface area contributed by atoms with E-state index >= 15 is 0 Å². The maximum atomic E-state index is 13.6. The van der Waals surface area contributed by atoms with Gasteiger partial charge in [-0.15, -0.1) is 10.2 Å². The molecule has 154 valence electrons. The number of aryl methyl sites for hydroxylation is 2. The third-order valence-electron chi connectivity index (χ3n) is 5.22. The number of hydrogen-bond acceptors (Lipinski definition) is 5. The van der Waals surface area contributed by atoms with Gasteiger partial charge in [0.1, 0.15) is 0 Å². The van der Waals surface area contributed by atoms with Gasteiger partial charge >= 0.3 is 0 Å². The SMILES string of the molecule is Cc1cc(C)c(C)c(S(=O)(=O)N(Cc2nnc(-c3ccccc3)o2)C(C)C)c1C. The second-order valence-electron chi connectivity index (χ2n) is 7.60. The number of aromatic nitrogens is 2. The van der Waals surface area contributed by atoms with Crippen molar-refractivity contribution in [1.29, 1.82) is 0 Å². The van der Waals surface area contributed by atoms with Gasteiger partial charge in [0.25, 0.3) is 0 Å². The van der Waals surface area contributed by atoms with Crippen molar-refractivity contribution in [1.82, 2.24) is 14.5 Å². The standard InChI is InChI=1S/C22H27N3O3S/c1-14(2)25(13-20-23-24-22(28-20)19-10-8-7-9-11-19)29(26,27)21-17(5)15(3)12-16(4)18(21)6/h7-12,14H,13H2,1-6H3. The van der Waals surface area contributed by atoms with Gasteiger partial charge in [-0.2, -0.15) is 4.31 Å². The summed E-state index contributed by atoms with van der Waals surface area (Å²) in [6.07, 6.45) is 0. The smallest absolute Gasteiger partial charge is 0.247 e. The van der Waals surface area contributed by atoms with Crippen LogP contribution in [0.15, 0.2) is 45.7 Å². The van der Waals surface area contributed by atoms with E-state index in [4.69, 9.17) is 4.42 Å². The Morgan fingerprint density at radius 2 is 1.55 bits per heavy atom. The summed E-state index contributed by atoms with van der Waals surface area (Å²) in [5.74, 6) is 0.640. The highest BCUT2D eigenvalue weighted by atomic mass is 32.2. The molecule has 0 saturated carbocycles. The zero-order valence-electron chi connectivity index (χ0n) is 17.7. The summed E-state index contributed by atoms with van der Waals surface area (Å²) < 4.78 is 34.5. The molecule has 0 N–H and O–H groups in total. The van der Waals surface area contributed by atoms with Crippen LogP contribution in [0.3, 0.4) is 0 Å². The third kappa shape index (κ3) is 4.11. The summed E-state index contributed by atoms with van der Waals surface area (Å²) in [6, 6.07) is 11.2. The Morgan fingerprint density at radius 1 is 0.966 bits per heavy atom. The fourth-order valence-corrected chi connectivity index (χ4v) is 5.54. The summed E-state index contributed by atoms with van der Waals surface area (Å²) in [5.41, 5.74) is 4.26. The van der Waals surface area contributed by atoms with E-state index in [0.29, 0.717) is 10.8 Å². The number of nitrogens with zero attached hydrogens (tertiary/aromatic N) is 3. The second-order valence-corrected chi connectivity index (χ2v) is 9.43. The normalized spacial score (nSPS) is 12.1. The second kappa shape index (κ2) is 8.08. The molecule has 2 aromatic carbocycles. The zero-order chi connectivity index (χ0) is 21.3. The lowest BCUT2D eigenvalue weighted by Crippen LogP contribution is -2.37. The van der Waals surface area contributed by atoms with E-state index in [-0.39, 0.29) is 18.5 Å². The van der Waals surface area contributed by atoms with Gasteiger partial charge in [-0.25, -0.2) is 8.42 Å². The van der Waals surface area contributed by atoms with Gasteiger partial charge in [-0.3, -0.25) is 0 Å². The third-order valence-corrected chi connectivity index (χ3v) is 7.52. The molecule has 0 bridgehead atoms. The first-order valence-electron chi connectivity index (χ1n) is 9.60. The van der Waals surface area contributed by atoms with E-state index in [9.17, 15) is 8.42 Å². The fraction of sp³-hybridized carbons (Fsp3) is 0.364. The summed E-state index contributed by atoms with van der Waals surface area (Å²) in [6.45, 7) is 11.3. The highest BCUT2D eigenvalue weighted by Gasteiger charge is 2.32. The average molecular weight is 414 g/mol. The molecule has 3 aromatic rings. The van der Waals surface area contributed by atoms with E-state index in [2.05, 4.69) is 10.2 Å². The molecule has 0 aliphatic rings. The molecule has 6 nitrogen and oxygen atoms in total. The van der Waals surface area contributed by atoms with Gasteiger partial charge in [0, 0.05) is 11.6 Å². The Bertz CT molecular complexity index is 1090. The molecule has 0 aliphatic heterocycles. The lowest BCUT2D eigenvalue weighted by atomic mass is 10.0. The van der Waals surface area contributed by atoms with Crippen LogP contribution in [0.2, 0.25) is 0 Å². The lowest BCUT2D eigenvalue weighted by molar-refractivity contribution is 0.312. The molecule has 0 aliphatic carbocycles. The van der Waals surface area contributed by atoms with Gasteiger partial charge < -0.3 is 4.42 Å². The molecule has 3 rings (SSSR count). The summed E-state index contributed by atoms with van der Waals surface area (Å²) >= 11 is 0.